The summed E-state index contributed by atoms with van der Waals surface area (Å²) in [6, 6.07) is 53.1. The van der Waals surface area contributed by atoms with E-state index in [0.717, 1.165) is 77.2 Å². The van der Waals surface area contributed by atoms with Crippen LogP contribution in [0.3, 0.4) is 0 Å². The van der Waals surface area contributed by atoms with Gasteiger partial charge in [-0.2, -0.15) is 0 Å². The molecule has 0 bridgehead atoms. The van der Waals surface area contributed by atoms with Crippen LogP contribution in [0.4, 0.5) is 0 Å². The maximum Gasteiger partial charge on any atom is 0.227 e. The summed E-state index contributed by atoms with van der Waals surface area (Å²) in [5.41, 5.74) is 8.98. The minimum absolute atomic E-state index is 0.562. The molecule has 0 aliphatic heterocycles. The molecule has 0 aliphatic rings. The predicted molar refractivity (Wildman–Crippen MR) is 199 cm³/mol. The standard InChI is InChI=1S/C44H26N4O2/c1-3-12-27(13-4-1)41-46-42(28-14-5-2-6-15-28)48-43(47-41)35-23-22-31(32-18-7-8-19-33(32)35)29-16-11-17-30(24-29)44-45-37-26-39-36(25-40(37)50-44)34-20-9-10-21-38(34)49-39/h1-26H. The van der Waals surface area contributed by atoms with Crippen molar-refractivity contribution in [2.24, 2.45) is 0 Å². The molecule has 10 aromatic rings. The van der Waals surface area contributed by atoms with Gasteiger partial charge in [0.25, 0.3) is 0 Å². The lowest BCUT2D eigenvalue weighted by atomic mass is 9.94. The lowest BCUT2D eigenvalue weighted by molar-refractivity contribution is 0.620. The van der Waals surface area contributed by atoms with E-state index >= 15 is 0 Å². The minimum atomic E-state index is 0.562. The molecule has 0 atom stereocenters. The fourth-order valence-electron chi connectivity index (χ4n) is 6.76. The van der Waals surface area contributed by atoms with Crippen molar-refractivity contribution in [2.75, 3.05) is 0 Å². The Bertz CT molecular complexity index is 2820. The molecule has 0 saturated carbocycles. The summed E-state index contributed by atoms with van der Waals surface area (Å²) in [4.78, 5) is 19.8. The predicted octanol–water partition coefficient (Wildman–Crippen LogP) is 11.4. The van der Waals surface area contributed by atoms with Gasteiger partial charge >= 0.3 is 0 Å². The molecule has 0 aliphatic carbocycles. The van der Waals surface area contributed by atoms with E-state index in [-0.39, 0.29) is 0 Å². The van der Waals surface area contributed by atoms with Crippen LogP contribution in [-0.4, -0.2) is 19.9 Å². The van der Waals surface area contributed by atoms with Crippen LogP contribution < -0.4 is 0 Å². The number of hydrogen-bond donors (Lipinski definition) is 0. The average molecular weight is 643 g/mol. The number of benzene rings is 7. The molecular formula is C44H26N4O2. The Hall–Kier alpha value is -6.92. The van der Waals surface area contributed by atoms with E-state index in [9.17, 15) is 0 Å². The van der Waals surface area contributed by atoms with Crippen molar-refractivity contribution in [3.8, 4) is 56.7 Å². The Balaban J connectivity index is 1.08. The van der Waals surface area contributed by atoms with E-state index in [4.69, 9.17) is 28.8 Å². The molecule has 0 spiro atoms. The monoisotopic (exact) mass is 642 g/mol. The van der Waals surface area contributed by atoms with Gasteiger partial charge in [-0.15, -0.1) is 0 Å². The van der Waals surface area contributed by atoms with E-state index in [1.807, 2.05) is 103 Å². The molecule has 0 amide bonds. The topological polar surface area (TPSA) is 77.8 Å². The fourth-order valence-corrected chi connectivity index (χ4v) is 6.76. The highest BCUT2D eigenvalue weighted by Crippen LogP contribution is 2.38. The Kier molecular flexibility index (Phi) is 6.39. The number of fused-ring (bicyclic) bond motifs is 5. The third kappa shape index (κ3) is 4.73. The van der Waals surface area contributed by atoms with Crippen molar-refractivity contribution in [1.29, 1.82) is 0 Å². The first-order valence-electron chi connectivity index (χ1n) is 16.5. The molecule has 50 heavy (non-hydrogen) atoms. The largest absolute Gasteiger partial charge is 0.456 e. The van der Waals surface area contributed by atoms with E-state index in [2.05, 4.69) is 54.6 Å². The van der Waals surface area contributed by atoms with Crippen molar-refractivity contribution in [3.05, 3.63) is 158 Å². The second kappa shape index (κ2) is 11.4. The van der Waals surface area contributed by atoms with Crippen LogP contribution in [0.15, 0.2) is 167 Å². The Morgan fingerprint density at radius 3 is 1.64 bits per heavy atom. The molecule has 0 fully saturated rings. The van der Waals surface area contributed by atoms with E-state index in [0.29, 0.717) is 23.4 Å². The van der Waals surface area contributed by atoms with Crippen molar-refractivity contribution < 1.29 is 8.83 Å². The van der Waals surface area contributed by atoms with Crippen molar-refractivity contribution in [1.82, 2.24) is 19.9 Å². The summed E-state index contributed by atoms with van der Waals surface area (Å²) in [5, 5.41) is 4.22. The molecule has 10 rings (SSSR count). The molecule has 0 saturated heterocycles. The zero-order valence-electron chi connectivity index (χ0n) is 26.6. The lowest BCUT2D eigenvalue weighted by Crippen LogP contribution is -2.00. The van der Waals surface area contributed by atoms with Gasteiger partial charge in [0.15, 0.2) is 23.1 Å². The maximum absolute atomic E-state index is 6.36. The molecule has 6 heteroatoms. The van der Waals surface area contributed by atoms with Crippen LogP contribution in [-0.2, 0) is 0 Å². The maximum atomic E-state index is 6.36. The average Bonchev–Trinajstić information content (AvgIpc) is 3.78. The van der Waals surface area contributed by atoms with Crippen molar-refractivity contribution in [2.45, 2.75) is 0 Å². The van der Waals surface area contributed by atoms with Gasteiger partial charge in [0.1, 0.15) is 16.7 Å². The Morgan fingerprint density at radius 1 is 0.320 bits per heavy atom. The van der Waals surface area contributed by atoms with Crippen molar-refractivity contribution in [3.63, 3.8) is 0 Å². The normalized spacial score (nSPS) is 11.6. The van der Waals surface area contributed by atoms with Crippen molar-refractivity contribution >= 4 is 43.8 Å². The molecule has 0 N–H and O–H groups in total. The minimum Gasteiger partial charge on any atom is -0.456 e. The van der Waals surface area contributed by atoms with Gasteiger partial charge in [-0.1, -0.05) is 121 Å². The first kappa shape index (κ1) is 28.1. The van der Waals surface area contributed by atoms with Gasteiger partial charge in [-0.25, -0.2) is 19.9 Å². The number of aromatic nitrogens is 4. The molecule has 6 nitrogen and oxygen atoms in total. The second-order valence-electron chi connectivity index (χ2n) is 12.3. The first-order valence-corrected chi connectivity index (χ1v) is 16.5. The number of rotatable bonds is 5. The number of oxazole rings is 1. The summed E-state index contributed by atoms with van der Waals surface area (Å²) in [6.45, 7) is 0. The highest BCUT2D eigenvalue weighted by Gasteiger charge is 2.18. The van der Waals surface area contributed by atoms with Gasteiger partial charge in [0, 0.05) is 39.1 Å². The number of furan rings is 1. The number of hydrogen-bond acceptors (Lipinski definition) is 6. The lowest BCUT2D eigenvalue weighted by Gasteiger charge is -2.13. The molecule has 3 aromatic heterocycles. The highest BCUT2D eigenvalue weighted by atomic mass is 16.4. The second-order valence-corrected chi connectivity index (χ2v) is 12.3. The summed E-state index contributed by atoms with van der Waals surface area (Å²) in [7, 11) is 0. The zero-order chi connectivity index (χ0) is 33.0. The summed E-state index contributed by atoms with van der Waals surface area (Å²) in [5.74, 6) is 2.45. The molecule has 3 heterocycles. The van der Waals surface area contributed by atoms with E-state index in [1.165, 1.54) is 0 Å². The SMILES string of the molecule is c1ccc(-c2nc(-c3ccccc3)nc(-c3ccc(-c4cccc(-c5nc6cc7oc8ccccc8c7cc6o5)c4)c4ccccc34)n2)cc1. The summed E-state index contributed by atoms with van der Waals surface area (Å²) < 4.78 is 12.5. The summed E-state index contributed by atoms with van der Waals surface area (Å²) in [6.07, 6.45) is 0. The van der Waals surface area contributed by atoms with Gasteiger partial charge in [-0.3, -0.25) is 0 Å². The number of para-hydroxylation sites is 1. The molecule has 0 radical (unpaired) electrons. The van der Waals surface area contributed by atoms with E-state index in [1.54, 1.807) is 0 Å². The smallest absolute Gasteiger partial charge is 0.227 e. The van der Waals surface area contributed by atoms with Gasteiger partial charge in [-0.05, 0) is 52.2 Å². The van der Waals surface area contributed by atoms with Crippen LogP contribution in [0.2, 0.25) is 0 Å². The van der Waals surface area contributed by atoms with Crippen LogP contribution in [0.25, 0.3) is 101 Å². The molecule has 0 unspecified atom stereocenters. The van der Waals surface area contributed by atoms with E-state index < -0.39 is 0 Å². The van der Waals surface area contributed by atoms with Crippen LogP contribution in [0.5, 0.6) is 0 Å². The van der Waals surface area contributed by atoms with Gasteiger partial charge < -0.3 is 8.83 Å². The van der Waals surface area contributed by atoms with Gasteiger partial charge in [0.05, 0.1) is 0 Å². The Labute approximate surface area is 286 Å². The third-order valence-electron chi connectivity index (χ3n) is 9.17. The summed E-state index contributed by atoms with van der Waals surface area (Å²) >= 11 is 0. The Morgan fingerprint density at radius 2 is 0.900 bits per heavy atom. The van der Waals surface area contributed by atoms with Crippen LogP contribution in [0, 0.1) is 0 Å². The van der Waals surface area contributed by atoms with Crippen LogP contribution >= 0.6 is 0 Å². The first-order chi connectivity index (χ1) is 24.7. The third-order valence-corrected chi connectivity index (χ3v) is 9.17. The molecular weight excluding hydrogens is 617 g/mol. The molecule has 7 aromatic carbocycles. The fraction of sp³-hybridized carbons (Fsp3) is 0. The zero-order valence-corrected chi connectivity index (χ0v) is 26.6. The highest BCUT2D eigenvalue weighted by molar-refractivity contribution is 6.09. The molecule has 234 valence electrons. The van der Waals surface area contributed by atoms with Crippen LogP contribution in [0.1, 0.15) is 0 Å². The van der Waals surface area contributed by atoms with Gasteiger partial charge in [0.2, 0.25) is 5.89 Å². The quantitative estimate of drug-likeness (QED) is 0.186. The number of nitrogens with zero attached hydrogens (tertiary/aromatic N) is 4.